The first-order chi connectivity index (χ1) is 17.9. The maximum absolute atomic E-state index is 13.4. The lowest BCUT2D eigenvalue weighted by atomic mass is 10.1. The zero-order chi connectivity index (χ0) is 26.2. The molecule has 3 aromatic carbocycles. The van der Waals surface area contributed by atoms with Crippen LogP contribution in [0.1, 0.15) is 27.0 Å². The maximum atomic E-state index is 13.4. The Kier molecular flexibility index (Phi) is 8.21. The van der Waals surface area contributed by atoms with Gasteiger partial charge in [-0.2, -0.15) is 5.10 Å². The molecule has 1 heterocycles. The Labute approximate surface area is 215 Å². The van der Waals surface area contributed by atoms with Crippen LogP contribution in [-0.2, 0) is 19.4 Å². The summed E-state index contributed by atoms with van der Waals surface area (Å²) in [6.07, 6.45) is 2.89. The van der Waals surface area contributed by atoms with Crippen LogP contribution in [0.15, 0.2) is 83.3 Å². The molecule has 1 amide bonds. The minimum atomic E-state index is -0.545. The Morgan fingerprint density at radius 3 is 2.70 bits per heavy atom. The Morgan fingerprint density at radius 1 is 1.19 bits per heavy atom. The average Bonchev–Trinajstić information content (AvgIpc) is 3.31. The van der Waals surface area contributed by atoms with E-state index < -0.39 is 16.6 Å². The van der Waals surface area contributed by atoms with Crippen molar-refractivity contribution in [2.24, 2.45) is 12.1 Å². The molecule has 0 saturated carbocycles. The number of hydrogen-bond donors (Lipinski definition) is 1. The van der Waals surface area contributed by atoms with Gasteiger partial charge in [-0.25, -0.2) is 9.82 Å². The number of nitro groups is 1. The van der Waals surface area contributed by atoms with E-state index in [-0.39, 0.29) is 23.6 Å². The first-order valence-corrected chi connectivity index (χ1v) is 11.9. The van der Waals surface area contributed by atoms with Crippen molar-refractivity contribution in [3.05, 3.63) is 111 Å². The summed E-state index contributed by atoms with van der Waals surface area (Å²) >= 11 is 1.53. The van der Waals surface area contributed by atoms with E-state index in [0.717, 1.165) is 10.7 Å². The molecule has 4 rings (SSSR count). The van der Waals surface area contributed by atoms with Crippen molar-refractivity contribution in [3.8, 4) is 5.75 Å². The van der Waals surface area contributed by atoms with Crippen molar-refractivity contribution >= 4 is 29.6 Å². The number of nitrogens with zero attached hydrogens (tertiary/aromatic N) is 5. The number of hydrogen-bond acceptors (Lipinski definition) is 8. The first kappa shape index (κ1) is 25.5. The normalized spacial score (nSPS) is 11.0. The minimum Gasteiger partial charge on any atom is -0.488 e. The van der Waals surface area contributed by atoms with Crippen LogP contribution in [0.5, 0.6) is 5.75 Å². The number of halogens is 1. The van der Waals surface area contributed by atoms with Gasteiger partial charge in [-0.05, 0) is 41.5 Å². The molecule has 1 N–H and O–H groups in total. The number of benzene rings is 3. The molecule has 0 aliphatic rings. The summed E-state index contributed by atoms with van der Waals surface area (Å²) in [4.78, 5) is 23.2. The molecule has 0 bridgehead atoms. The molecule has 0 aliphatic heterocycles. The van der Waals surface area contributed by atoms with Crippen LogP contribution in [0.3, 0.4) is 0 Å². The third kappa shape index (κ3) is 6.98. The van der Waals surface area contributed by atoms with E-state index in [0.29, 0.717) is 16.9 Å². The number of thioether (sulfide) groups is 1. The van der Waals surface area contributed by atoms with Crippen LogP contribution < -0.4 is 10.2 Å². The van der Waals surface area contributed by atoms with E-state index in [1.165, 1.54) is 48.3 Å². The van der Waals surface area contributed by atoms with E-state index in [1.54, 1.807) is 30.6 Å². The number of carbonyl (C=O) groups is 1. The smallest absolute Gasteiger partial charge is 0.271 e. The van der Waals surface area contributed by atoms with Gasteiger partial charge < -0.3 is 9.30 Å². The molecule has 0 spiro atoms. The van der Waals surface area contributed by atoms with Gasteiger partial charge in [0.25, 0.3) is 11.6 Å². The second-order valence-electron chi connectivity index (χ2n) is 7.81. The Morgan fingerprint density at radius 2 is 2.00 bits per heavy atom. The predicted molar refractivity (Wildman–Crippen MR) is 136 cm³/mol. The zero-order valence-electron chi connectivity index (χ0n) is 19.6. The molecule has 0 atom stereocenters. The molecular formula is C25H21FN6O4S. The number of rotatable bonds is 10. The van der Waals surface area contributed by atoms with E-state index in [1.807, 2.05) is 23.7 Å². The van der Waals surface area contributed by atoms with Gasteiger partial charge in [0.05, 0.1) is 11.1 Å². The molecule has 1 aromatic heterocycles. The molecule has 10 nitrogen and oxygen atoms in total. The topological polar surface area (TPSA) is 125 Å². The van der Waals surface area contributed by atoms with E-state index in [9.17, 15) is 19.3 Å². The second-order valence-corrected chi connectivity index (χ2v) is 8.75. The molecule has 0 saturated heterocycles. The Balaban J connectivity index is 1.39. The highest BCUT2D eigenvalue weighted by Gasteiger charge is 2.12. The van der Waals surface area contributed by atoms with Crippen LogP contribution in [0, 0.1) is 15.9 Å². The van der Waals surface area contributed by atoms with Gasteiger partial charge in [0, 0.05) is 36.1 Å². The summed E-state index contributed by atoms with van der Waals surface area (Å²) < 4.78 is 21.0. The third-order valence-electron chi connectivity index (χ3n) is 5.11. The standard InChI is InChI=1S/C25H21FN6O4S/c1-31-16-28-30-25(31)37-15-17-5-7-19(8-6-17)24(33)29-27-13-20-12-22(32(34)35)9-10-23(20)36-14-18-3-2-4-21(26)11-18/h2-13,16H,14-15H2,1H3,(H,29,33)/b27-13-. The van der Waals surface area contributed by atoms with Crippen molar-refractivity contribution in [3.63, 3.8) is 0 Å². The van der Waals surface area contributed by atoms with Crippen molar-refractivity contribution < 1.29 is 18.8 Å². The number of amides is 1. The number of nitro benzene ring substituents is 1. The lowest BCUT2D eigenvalue weighted by Crippen LogP contribution is -2.17. The lowest BCUT2D eigenvalue weighted by molar-refractivity contribution is -0.384. The summed E-state index contributed by atoms with van der Waals surface area (Å²) in [5, 5.41) is 23.8. The lowest BCUT2D eigenvalue weighted by Gasteiger charge is -2.09. The number of hydrazone groups is 1. The summed E-state index contributed by atoms with van der Waals surface area (Å²) in [6.45, 7) is 0.0457. The third-order valence-corrected chi connectivity index (χ3v) is 6.22. The molecule has 188 valence electrons. The minimum absolute atomic E-state index is 0.0457. The van der Waals surface area contributed by atoms with Crippen LogP contribution in [0.25, 0.3) is 0 Å². The van der Waals surface area contributed by atoms with Gasteiger partial charge in [-0.15, -0.1) is 10.2 Å². The fourth-order valence-electron chi connectivity index (χ4n) is 3.20. The van der Waals surface area contributed by atoms with Gasteiger partial charge in [0.15, 0.2) is 5.16 Å². The van der Waals surface area contributed by atoms with E-state index >= 15 is 0 Å². The van der Waals surface area contributed by atoms with Gasteiger partial charge in [0.1, 0.15) is 24.5 Å². The summed E-state index contributed by atoms with van der Waals surface area (Å²) in [7, 11) is 1.86. The number of non-ortho nitro benzene ring substituents is 1. The number of aromatic nitrogens is 3. The van der Waals surface area contributed by atoms with Crippen LogP contribution >= 0.6 is 11.8 Å². The Bertz CT molecular complexity index is 1440. The molecule has 37 heavy (non-hydrogen) atoms. The van der Waals surface area contributed by atoms with Crippen LogP contribution in [-0.4, -0.2) is 31.8 Å². The number of nitrogens with one attached hydrogen (secondary N) is 1. The molecule has 0 unspecified atom stereocenters. The highest BCUT2D eigenvalue weighted by Crippen LogP contribution is 2.24. The van der Waals surface area contributed by atoms with Gasteiger partial charge in [-0.1, -0.05) is 36.0 Å². The highest BCUT2D eigenvalue weighted by atomic mass is 32.2. The van der Waals surface area contributed by atoms with Crippen molar-refractivity contribution in [2.45, 2.75) is 17.5 Å². The van der Waals surface area contributed by atoms with Gasteiger partial charge in [0.2, 0.25) is 0 Å². The SMILES string of the molecule is Cn1cnnc1SCc1ccc(C(=O)N/N=C\c2cc([N+](=O)[O-])ccc2OCc2cccc(F)c2)cc1. The second kappa shape index (κ2) is 11.9. The zero-order valence-corrected chi connectivity index (χ0v) is 20.4. The van der Waals surface area contributed by atoms with Crippen molar-refractivity contribution in [1.82, 2.24) is 20.2 Å². The summed E-state index contributed by atoms with van der Waals surface area (Å²) in [6, 6.07) is 16.9. The fraction of sp³-hybridized carbons (Fsp3) is 0.120. The Hall–Kier alpha value is -4.58. The van der Waals surface area contributed by atoms with Crippen molar-refractivity contribution in [1.29, 1.82) is 0 Å². The monoisotopic (exact) mass is 520 g/mol. The molecular weight excluding hydrogens is 499 g/mol. The van der Waals surface area contributed by atoms with Gasteiger partial charge >= 0.3 is 0 Å². The maximum Gasteiger partial charge on any atom is 0.271 e. The summed E-state index contributed by atoms with van der Waals surface area (Å²) in [5.74, 6) is 0.109. The highest BCUT2D eigenvalue weighted by molar-refractivity contribution is 7.98. The molecule has 0 radical (unpaired) electrons. The molecule has 0 aliphatic carbocycles. The number of aryl methyl sites for hydroxylation is 1. The van der Waals surface area contributed by atoms with Crippen LogP contribution in [0.2, 0.25) is 0 Å². The number of carbonyl (C=O) groups excluding carboxylic acids is 1. The molecule has 4 aromatic rings. The van der Waals surface area contributed by atoms with E-state index in [2.05, 4.69) is 20.7 Å². The molecule has 12 heteroatoms. The first-order valence-electron chi connectivity index (χ1n) is 10.9. The fourth-order valence-corrected chi connectivity index (χ4v) is 4.04. The van der Waals surface area contributed by atoms with Gasteiger partial charge in [-0.3, -0.25) is 14.9 Å². The number of ether oxygens (including phenoxy) is 1. The predicted octanol–water partition coefficient (Wildman–Crippen LogP) is 4.50. The van der Waals surface area contributed by atoms with E-state index in [4.69, 9.17) is 4.74 Å². The van der Waals surface area contributed by atoms with Crippen molar-refractivity contribution in [2.75, 3.05) is 0 Å². The van der Waals surface area contributed by atoms with Crippen LogP contribution in [0.4, 0.5) is 10.1 Å². The summed E-state index contributed by atoms with van der Waals surface area (Å²) in [5.41, 5.74) is 4.52. The largest absolute Gasteiger partial charge is 0.488 e. The quantitative estimate of drug-likeness (QED) is 0.141. The molecule has 0 fully saturated rings. The average molecular weight is 521 g/mol.